The Balaban J connectivity index is 0.00000192. The van der Waals surface area contributed by atoms with E-state index in [0.717, 1.165) is 17.5 Å². The van der Waals surface area contributed by atoms with Gasteiger partial charge in [-0.15, -0.1) is 12.4 Å². The van der Waals surface area contributed by atoms with Gasteiger partial charge in [0.1, 0.15) is 17.7 Å². The maximum Gasteiger partial charge on any atom is 0.242 e. The lowest BCUT2D eigenvalue weighted by atomic mass is 9.94. The van der Waals surface area contributed by atoms with Crippen LogP contribution in [-0.2, 0) is 17.8 Å². The van der Waals surface area contributed by atoms with Gasteiger partial charge >= 0.3 is 0 Å². The molecule has 3 rings (SSSR count). The summed E-state index contributed by atoms with van der Waals surface area (Å²) in [6.45, 7) is 0.529. The van der Waals surface area contributed by atoms with Gasteiger partial charge in [-0.25, -0.2) is 8.78 Å². The fraction of sp³-hybridized carbons (Fsp3) is 0.235. The predicted octanol–water partition coefficient (Wildman–Crippen LogP) is 2.89. The van der Waals surface area contributed by atoms with Crippen LogP contribution in [0.5, 0.6) is 0 Å². The molecule has 1 amide bonds. The number of benzene rings is 2. The fourth-order valence-electron chi connectivity index (χ4n) is 2.72. The van der Waals surface area contributed by atoms with Crippen LogP contribution in [-0.4, -0.2) is 12.5 Å². The van der Waals surface area contributed by atoms with Crippen LogP contribution < -0.4 is 10.6 Å². The third kappa shape index (κ3) is 3.68. The lowest BCUT2D eigenvalue weighted by Gasteiger charge is -2.26. The molecular weight excluding hydrogens is 322 g/mol. The number of nitrogens with one attached hydrogen (secondary N) is 2. The summed E-state index contributed by atoms with van der Waals surface area (Å²) >= 11 is 0. The molecule has 122 valence electrons. The molecule has 0 saturated heterocycles. The highest BCUT2D eigenvalue weighted by molar-refractivity contribution is 5.85. The summed E-state index contributed by atoms with van der Waals surface area (Å²) in [5.74, 6) is -1.59. The van der Waals surface area contributed by atoms with Crippen molar-refractivity contribution >= 4 is 18.3 Å². The number of amides is 1. The number of halogens is 3. The van der Waals surface area contributed by atoms with Gasteiger partial charge in [-0.3, -0.25) is 4.79 Å². The minimum Gasteiger partial charge on any atom is -0.350 e. The lowest BCUT2D eigenvalue weighted by molar-refractivity contribution is -0.123. The summed E-state index contributed by atoms with van der Waals surface area (Å²) in [5.41, 5.74) is 1.92. The Morgan fingerprint density at radius 1 is 1.13 bits per heavy atom. The maximum absolute atomic E-state index is 13.6. The maximum atomic E-state index is 13.6. The Labute approximate surface area is 139 Å². The van der Waals surface area contributed by atoms with E-state index in [1.807, 2.05) is 24.3 Å². The van der Waals surface area contributed by atoms with E-state index in [1.165, 1.54) is 18.2 Å². The number of fused-ring (bicyclic) bond motifs is 1. The highest BCUT2D eigenvalue weighted by Crippen LogP contribution is 2.23. The van der Waals surface area contributed by atoms with Crippen LogP contribution in [0.1, 0.15) is 22.7 Å². The topological polar surface area (TPSA) is 41.1 Å². The monoisotopic (exact) mass is 338 g/mol. The third-order valence-corrected chi connectivity index (χ3v) is 3.87. The van der Waals surface area contributed by atoms with Gasteiger partial charge < -0.3 is 10.6 Å². The van der Waals surface area contributed by atoms with Crippen molar-refractivity contribution in [1.82, 2.24) is 10.6 Å². The summed E-state index contributed by atoms with van der Waals surface area (Å²) in [6.07, 6.45) is 0.863. The fourth-order valence-corrected chi connectivity index (χ4v) is 2.72. The zero-order valence-electron chi connectivity index (χ0n) is 12.3. The average molecular weight is 339 g/mol. The van der Waals surface area contributed by atoms with Crippen molar-refractivity contribution in [2.24, 2.45) is 0 Å². The third-order valence-electron chi connectivity index (χ3n) is 3.87. The SMILES string of the molecule is Cl.O=C(NCc1c(F)cccc1F)C1NCCc2ccccc21. The van der Waals surface area contributed by atoms with Crippen molar-refractivity contribution in [2.45, 2.75) is 19.0 Å². The van der Waals surface area contributed by atoms with Crippen LogP contribution in [0, 0.1) is 11.6 Å². The van der Waals surface area contributed by atoms with Crippen molar-refractivity contribution in [3.8, 4) is 0 Å². The Hall–Kier alpha value is -1.98. The molecular formula is C17H17ClF2N2O. The molecule has 2 aromatic rings. The number of hydrogen-bond acceptors (Lipinski definition) is 2. The van der Waals surface area contributed by atoms with Crippen molar-refractivity contribution < 1.29 is 13.6 Å². The van der Waals surface area contributed by atoms with E-state index in [0.29, 0.717) is 6.54 Å². The molecule has 1 aliphatic rings. The first-order valence-corrected chi connectivity index (χ1v) is 7.18. The van der Waals surface area contributed by atoms with Gasteiger partial charge in [0.2, 0.25) is 5.91 Å². The summed E-state index contributed by atoms with van der Waals surface area (Å²) in [4.78, 5) is 12.3. The Morgan fingerprint density at radius 2 is 1.83 bits per heavy atom. The quantitative estimate of drug-likeness (QED) is 0.903. The number of carbonyl (C=O) groups is 1. The first kappa shape index (κ1) is 17.4. The molecule has 6 heteroatoms. The van der Waals surface area contributed by atoms with E-state index in [2.05, 4.69) is 10.6 Å². The highest BCUT2D eigenvalue weighted by atomic mass is 35.5. The van der Waals surface area contributed by atoms with E-state index in [9.17, 15) is 13.6 Å². The van der Waals surface area contributed by atoms with E-state index < -0.39 is 17.7 Å². The standard InChI is InChI=1S/C17H16F2N2O.ClH/c18-14-6-3-7-15(19)13(14)10-21-17(22)16-12-5-2-1-4-11(12)8-9-20-16;/h1-7,16,20H,8-10H2,(H,21,22);1H. The molecule has 3 nitrogen and oxygen atoms in total. The van der Waals surface area contributed by atoms with E-state index in [4.69, 9.17) is 0 Å². The van der Waals surface area contributed by atoms with Crippen LogP contribution in [0.15, 0.2) is 42.5 Å². The van der Waals surface area contributed by atoms with Gasteiger partial charge in [-0.2, -0.15) is 0 Å². The van der Waals surface area contributed by atoms with Gasteiger partial charge in [0, 0.05) is 18.7 Å². The lowest BCUT2D eigenvalue weighted by Crippen LogP contribution is -2.41. The second-order valence-corrected chi connectivity index (χ2v) is 5.25. The van der Waals surface area contributed by atoms with Crippen molar-refractivity contribution in [3.05, 3.63) is 70.8 Å². The minimum atomic E-state index is -0.655. The van der Waals surface area contributed by atoms with Crippen LogP contribution in [0.4, 0.5) is 8.78 Å². The molecule has 0 bridgehead atoms. The molecule has 0 spiro atoms. The smallest absolute Gasteiger partial charge is 0.242 e. The van der Waals surface area contributed by atoms with E-state index in [-0.39, 0.29) is 30.4 Å². The molecule has 23 heavy (non-hydrogen) atoms. The predicted molar refractivity (Wildman–Crippen MR) is 86.3 cm³/mol. The Bertz CT molecular complexity index is 688. The normalized spacial score (nSPS) is 16.2. The molecule has 0 aliphatic carbocycles. The summed E-state index contributed by atoms with van der Waals surface area (Å²) in [7, 11) is 0. The Kier molecular flexibility index (Phi) is 5.69. The van der Waals surface area contributed by atoms with Crippen LogP contribution in [0.3, 0.4) is 0 Å². The first-order chi connectivity index (χ1) is 10.7. The van der Waals surface area contributed by atoms with Crippen molar-refractivity contribution in [3.63, 3.8) is 0 Å². The van der Waals surface area contributed by atoms with Crippen LogP contribution in [0.2, 0.25) is 0 Å². The molecule has 0 saturated carbocycles. The summed E-state index contributed by atoms with van der Waals surface area (Å²) in [5, 5.41) is 5.75. The molecule has 0 radical (unpaired) electrons. The van der Waals surface area contributed by atoms with Gasteiger partial charge in [-0.05, 0) is 29.7 Å². The average Bonchev–Trinajstić information content (AvgIpc) is 2.53. The van der Waals surface area contributed by atoms with Crippen molar-refractivity contribution in [2.75, 3.05) is 6.54 Å². The summed E-state index contributed by atoms with van der Waals surface area (Å²) in [6, 6.07) is 10.9. The number of rotatable bonds is 3. The van der Waals surface area contributed by atoms with Crippen LogP contribution >= 0.6 is 12.4 Å². The molecule has 1 heterocycles. The molecule has 1 atom stereocenters. The van der Waals surface area contributed by atoms with E-state index >= 15 is 0 Å². The Morgan fingerprint density at radius 3 is 2.57 bits per heavy atom. The van der Waals surface area contributed by atoms with Crippen LogP contribution in [0.25, 0.3) is 0 Å². The van der Waals surface area contributed by atoms with Gasteiger partial charge in [0.25, 0.3) is 0 Å². The molecule has 2 aromatic carbocycles. The zero-order chi connectivity index (χ0) is 15.5. The molecule has 1 unspecified atom stereocenters. The van der Waals surface area contributed by atoms with Gasteiger partial charge in [0.15, 0.2) is 0 Å². The van der Waals surface area contributed by atoms with Crippen molar-refractivity contribution in [1.29, 1.82) is 0 Å². The molecule has 0 fully saturated rings. The molecule has 1 aliphatic heterocycles. The molecule has 2 N–H and O–H groups in total. The summed E-state index contributed by atoms with van der Waals surface area (Å²) < 4.78 is 27.2. The van der Waals surface area contributed by atoms with E-state index in [1.54, 1.807) is 0 Å². The zero-order valence-corrected chi connectivity index (χ0v) is 13.1. The minimum absolute atomic E-state index is 0. The molecule has 0 aromatic heterocycles. The first-order valence-electron chi connectivity index (χ1n) is 7.18. The highest BCUT2D eigenvalue weighted by Gasteiger charge is 2.25. The largest absolute Gasteiger partial charge is 0.350 e. The second-order valence-electron chi connectivity index (χ2n) is 5.25. The number of carbonyl (C=O) groups excluding carboxylic acids is 1. The number of hydrogen-bond donors (Lipinski definition) is 2. The van der Waals surface area contributed by atoms with Gasteiger partial charge in [0.05, 0.1) is 0 Å². The second kappa shape index (κ2) is 7.53. The van der Waals surface area contributed by atoms with Gasteiger partial charge in [-0.1, -0.05) is 30.3 Å².